The Bertz CT molecular complexity index is 1350. The van der Waals surface area contributed by atoms with Crippen LogP contribution in [0.3, 0.4) is 0 Å². The maximum atomic E-state index is 12.8. The van der Waals surface area contributed by atoms with Gasteiger partial charge >= 0.3 is 0 Å². The summed E-state index contributed by atoms with van der Waals surface area (Å²) in [6.45, 7) is 4.25. The molecule has 1 amide bonds. The Hall–Kier alpha value is -3.23. The number of aromatic nitrogens is 1. The van der Waals surface area contributed by atoms with E-state index >= 15 is 0 Å². The smallest absolute Gasteiger partial charge is 0.261 e. The van der Waals surface area contributed by atoms with Gasteiger partial charge in [0.1, 0.15) is 0 Å². The number of anilines is 2. The van der Waals surface area contributed by atoms with E-state index in [2.05, 4.69) is 28.9 Å². The van der Waals surface area contributed by atoms with Crippen molar-refractivity contribution in [3.05, 3.63) is 83.9 Å². The number of thiazole rings is 1. The second kappa shape index (κ2) is 9.10. The number of fused-ring (bicyclic) bond motifs is 1. The van der Waals surface area contributed by atoms with Crippen molar-refractivity contribution >= 4 is 48.3 Å². The van der Waals surface area contributed by atoms with Crippen molar-refractivity contribution in [3.63, 3.8) is 0 Å². The van der Waals surface area contributed by atoms with E-state index in [1.807, 2.05) is 18.2 Å². The van der Waals surface area contributed by atoms with Gasteiger partial charge in [-0.1, -0.05) is 55.5 Å². The number of hydrogen-bond acceptors (Lipinski definition) is 5. The predicted octanol–water partition coefficient (Wildman–Crippen LogP) is 5.55. The second-order valence-corrected chi connectivity index (χ2v) is 10.6. The van der Waals surface area contributed by atoms with Crippen LogP contribution in [0.25, 0.3) is 10.2 Å². The Morgan fingerprint density at radius 2 is 1.72 bits per heavy atom. The molecule has 0 radical (unpaired) electrons. The number of carbonyl (C=O) groups excluding carboxylic acids is 1. The molecule has 0 saturated heterocycles. The molecule has 1 aromatic heterocycles. The van der Waals surface area contributed by atoms with Crippen molar-refractivity contribution in [2.24, 2.45) is 5.92 Å². The lowest BCUT2D eigenvalue weighted by molar-refractivity contribution is 0.102. The highest BCUT2D eigenvalue weighted by molar-refractivity contribution is 7.92. The average molecular weight is 466 g/mol. The van der Waals surface area contributed by atoms with E-state index < -0.39 is 10.0 Å². The summed E-state index contributed by atoms with van der Waals surface area (Å²) >= 11 is 1.29. The third-order valence-corrected chi connectivity index (χ3v) is 7.11. The molecule has 4 rings (SSSR count). The SMILES string of the molecule is CC(C)Cc1ccc(S(=O)(=O)Nc2ccc3nc(NC(=O)c4ccccc4)sc3c2)cc1. The van der Waals surface area contributed by atoms with Crippen molar-refractivity contribution in [1.29, 1.82) is 0 Å². The molecule has 0 spiro atoms. The molecule has 0 aliphatic rings. The molecule has 164 valence electrons. The summed E-state index contributed by atoms with van der Waals surface area (Å²) in [4.78, 5) is 17.0. The Morgan fingerprint density at radius 1 is 1.00 bits per heavy atom. The van der Waals surface area contributed by atoms with Crippen LogP contribution in [0, 0.1) is 5.92 Å². The average Bonchev–Trinajstić information content (AvgIpc) is 3.15. The number of rotatable bonds is 7. The van der Waals surface area contributed by atoms with Crippen LogP contribution in [0.4, 0.5) is 10.8 Å². The maximum absolute atomic E-state index is 12.8. The minimum Gasteiger partial charge on any atom is -0.298 e. The summed E-state index contributed by atoms with van der Waals surface area (Å²) in [5.41, 5.74) is 2.77. The molecule has 0 saturated carbocycles. The predicted molar refractivity (Wildman–Crippen MR) is 130 cm³/mol. The monoisotopic (exact) mass is 465 g/mol. The summed E-state index contributed by atoms with van der Waals surface area (Å²) < 4.78 is 29.0. The number of amides is 1. The van der Waals surface area contributed by atoms with Gasteiger partial charge in [-0.25, -0.2) is 13.4 Å². The topological polar surface area (TPSA) is 88.2 Å². The highest BCUT2D eigenvalue weighted by atomic mass is 32.2. The van der Waals surface area contributed by atoms with Crippen LogP contribution in [0.2, 0.25) is 0 Å². The molecule has 0 unspecified atom stereocenters. The van der Waals surface area contributed by atoms with Gasteiger partial charge in [0.05, 0.1) is 20.8 Å². The van der Waals surface area contributed by atoms with Crippen molar-refractivity contribution in [2.75, 3.05) is 10.0 Å². The maximum Gasteiger partial charge on any atom is 0.261 e. The first-order chi connectivity index (χ1) is 15.3. The summed E-state index contributed by atoms with van der Waals surface area (Å²) in [5, 5.41) is 3.24. The molecule has 6 nitrogen and oxygen atoms in total. The van der Waals surface area contributed by atoms with Gasteiger partial charge in [-0.2, -0.15) is 0 Å². The normalized spacial score (nSPS) is 11.6. The molecular formula is C24H23N3O3S2. The van der Waals surface area contributed by atoms with Gasteiger partial charge in [-0.15, -0.1) is 0 Å². The zero-order chi connectivity index (χ0) is 22.7. The second-order valence-electron chi connectivity index (χ2n) is 7.87. The van der Waals surface area contributed by atoms with Crippen LogP contribution in [-0.2, 0) is 16.4 Å². The molecule has 0 bridgehead atoms. The molecule has 0 aliphatic carbocycles. The summed E-state index contributed by atoms with van der Waals surface area (Å²) in [6.07, 6.45) is 0.902. The molecule has 0 atom stereocenters. The Kier molecular flexibility index (Phi) is 6.25. The van der Waals surface area contributed by atoms with E-state index in [1.54, 1.807) is 54.6 Å². The lowest BCUT2D eigenvalue weighted by Gasteiger charge is -2.09. The molecule has 4 aromatic rings. The van der Waals surface area contributed by atoms with E-state index in [9.17, 15) is 13.2 Å². The van der Waals surface area contributed by atoms with Crippen LogP contribution >= 0.6 is 11.3 Å². The lowest BCUT2D eigenvalue weighted by atomic mass is 10.0. The van der Waals surface area contributed by atoms with E-state index in [0.29, 0.717) is 27.8 Å². The number of benzene rings is 3. The van der Waals surface area contributed by atoms with E-state index in [-0.39, 0.29) is 10.8 Å². The molecule has 0 aliphatic heterocycles. The van der Waals surface area contributed by atoms with Crippen LogP contribution in [0.5, 0.6) is 0 Å². The molecule has 0 fully saturated rings. The van der Waals surface area contributed by atoms with Crippen molar-refractivity contribution in [2.45, 2.75) is 25.2 Å². The molecule has 32 heavy (non-hydrogen) atoms. The van der Waals surface area contributed by atoms with Crippen LogP contribution < -0.4 is 10.0 Å². The van der Waals surface area contributed by atoms with Crippen molar-refractivity contribution in [1.82, 2.24) is 4.98 Å². The van der Waals surface area contributed by atoms with Crippen LogP contribution in [-0.4, -0.2) is 19.3 Å². The molecule has 2 N–H and O–H groups in total. The van der Waals surface area contributed by atoms with Gasteiger partial charge in [0, 0.05) is 5.56 Å². The minimum absolute atomic E-state index is 0.213. The highest BCUT2D eigenvalue weighted by Gasteiger charge is 2.16. The zero-order valence-corrected chi connectivity index (χ0v) is 19.3. The Balaban J connectivity index is 1.50. The summed E-state index contributed by atoms with van der Waals surface area (Å²) in [6, 6.07) is 21.0. The van der Waals surface area contributed by atoms with Crippen molar-refractivity contribution in [3.8, 4) is 0 Å². The van der Waals surface area contributed by atoms with E-state index in [4.69, 9.17) is 0 Å². The molecule has 1 heterocycles. The van der Waals surface area contributed by atoms with Gasteiger partial charge in [0.2, 0.25) is 0 Å². The third kappa shape index (κ3) is 5.15. The number of nitrogens with zero attached hydrogens (tertiary/aromatic N) is 1. The summed E-state index contributed by atoms with van der Waals surface area (Å²) in [5.74, 6) is 0.260. The standard InChI is InChI=1S/C24H23N3O3S2/c1-16(2)14-17-8-11-20(12-9-17)32(29,30)27-19-10-13-21-22(15-19)31-24(25-21)26-23(28)18-6-4-3-5-7-18/h3-13,15-16,27H,14H2,1-2H3,(H,25,26,28). The number of hydrogen-bond donors (Lipinski definition) is 2. The van der Waals surface area contributed by atoms with Gasteiger partial charge in [-0.3, -0.25) is 14.8 Å². The fourth-order valence-corrected chi connectivity index (χ4v) is 5.24. The first-order valence-corrected chi connectivity index (χ1v) is 12.5. The third-order valence-electron chi connectivity index (χ3n) is 4.77. The lowest BCUT2D eigenvalue weighted by Crippen LogP contribution is -2.12. The number of sulfonamides is 1. The number of carbonyl (C=O) groups is 1. The first-order valence-electron chi connectivity index (χ1n) is 10.2. The quantitative estimate of drug-likeness (QED) is 0.375. The fraction of sp³-hybridized carbons (Fsp3) is 0.167. The minimum atomic E-state index is -3.71. The van der Waals surface area contributed by atoms with E-state index in [1.165, 1.54) is 11.3 Å². The Morgan fingerprint density at radius 3 is 2.41 bits per heavy atom. The van der Waals surface area contributed by atoms with Crippen molar-refractivity contribution < 1.29 is 13.2 Å². The van der Waals surface area contributed by atoms with E-state index in [0.717, 1.165) is 16.7 Å². The molecule has 8 heteroatoms. The first kappa shape index (κ1) is 22.0. The largest absolute Gasteiger partial charge is 0.298 e. The van der Waals surface area contributed by atoms with Crippen LogP contribution in [0.15, 0.2) is 77.7 Å². The van der Waals surface area contributed by atoms with Crippen LogP contribution in [0.1, 0.15) is 29.8 Å². The molecule has 3 aromatic carbocycles. The van der Waals surface area contributed by atoms with Gasteiger partial charge in [0.15, 0.2) is 5.13 Å². The highest BCUT2D eigenvalue weighted by Crippen LogP contribution is 2.29. The Labute approximate surface area is 191 Å². The number of nitrogens with one attached hydrogen (secondary N) is 2. The fourth-order valence-electron chi connectivity index (χ4n) is 3.29. The zero-order valence-electron chi connectivity index (χ0n) is 17.7. The van der Waals surface area contributed by atoms with Gasteiger partial charge in [-0.05, 0) is 60.4 Å². The van der Waals surface area contributed by atoms with Gasteiger partial charge < -0.3 is 0 Å². The van der Waals surface area contributed by atoms with Gasteiger partial charge in [0.25, 0.3) is 15.9 Å². The molecular weight excluding hydrogens is 442 g/mol. The summed E-state index contributed by atoms with van der Waals surface area (Å²) in [7, 11) is -3.71.